The SMILES string of the molecule is C=CC(C)(C)NC(=O)c1sccc1OC(=O)O. The lowest BCUT2D eigenvalue weighted by Crippen LogP contribution is -2.41. The van der Waals surface area contributed by atoms with Crippen molar-refractivity contribution in [2.45, 2.75) is 19.4 Å². The number of carboxylic acid groups (broad SMARTS) is 1. The number of thiophene rings is 1. The van der Waals surface area contributed by atoms with E-state index in [1.165, 1.54) is 6.07 Å². The molecule has 0 spiro atoms. The molecule has 1 aromatic heterocycles. The van der Waals surface area contributed by atoms with Gasteiger partial charge < -0.3 is 15.2 Å². The second kappa shape index (κ2) is 5.01. The van der Waals surface area contributed by atoms with Crippen LogP contribution in [0.25, 0.3) is 0 Å². The molecule has 0 aliphatic rings. The van der Waals surface area contributed by atoms with Crippen LogP contribution in [0.4, 0.5) is 4.79 Å². The smallest absolute Gasteiger partial charge is 0.449 e. The van der Waals surface area contributed by atoms with Crippen LogP contribution in [-0.2, 0) is 0 Å². The molecular weight excluding hydrogens is 242 g/mol. The summed E-state index contributed by atoms with van der Waals surface area (Å²) in [6, 6.07) is 1.44. The minimum absolute atomic E-state index is 0.0415. The van der Waals surface area contributed by atoms with Crippen molar-refractivity contribution < 1.29 is 19.4 Å². The van der Waals surface area contributed by atoms with Gasteiger partial charge in [-0.05, 0) is 25.3 Å². The lowest BCUT2D eigenvalue weighted by Gasteiger charge is -2.21. The highest BCUT2D eigenvalue weighted by atomic mass is 32.1. The van der Waals surface area contributed by atoms with Gasteiger partial charge in [0.05, 0.1) is 5.54 Å². The van der Waals surface area contributed by atoms with Crippen molar-refractivity contribution in [2.24, 2.45) is 0 Å². The summed E-state index contributed by atoms with van der Waals surface area (Å²) in [5.74, 6) is -0.346. The maximum Gasteiger partial charge on any atom is 0.511 e. The van der Waals surface area contributed by atoms with Gasteiger partial charge >= 0.3 is 6.16 Å². The van der Waals surface area contributed by atoms with Crippen LogP contribution in [0.2, 0.25) is 0 Å². The van der Waals surface area contributed by atoms with Crippen LogP contribution in [-0.4, -0.2) is 22.7 Å². The lowest BCUT2D eigenvalue weighted by atomic mass is 10.1. The van der Waals surface area contributed by atoms with Gasteiger partial charge in [-0.25, -0.2) is 4.79 Å². The summed E-state index contributed by atoms with van der Waals surface area (Å²) in [5, 5.41) is 12.8. The molecule has 1 amide bonds. The van der Waals surface area contributed by atoms with Crippen LogP contribution in [0.5, 0.6) is 5.75 Å². The molecule has 0 saturated heterocycles. The fourth-order valence-corrected chi connectivity index (χ4v) is 1.75. The Morgan fingerprint density at radius 2 is 2.24 bits per heavy atom. The predicted octanol–water partition coefficient (Wildman–Crippen LogP) is 2.50. The van der Waals surface area contributed by atoms with E-state index in [-0.39, 0.29) is 16.5 Å². The van der Waals surface area contributed by atoms with Gasteiger partial charge in [-0.1, -0.05) is 6.08 Å². The van der Waals surface area contributed by atoms with Gasteiger partial charge in [-0.3, -0.25) is 4.79 Å². The van der Waals surface area contributed by atoms with E-state index in [0.717, 1.165) is 11.3 Å². The fraction of sp³-hybridized carbons (Fsp3) is 0.273. The Balaban J connectivity index is 2.86. The highest BCUT2D eigenvalue weighted by molar-refractivity contribution is 7.12. The molecule has 0 fully saturated rings. The molecule has 0 aliphatic carbocycles. The standard InChI is InChI=1S/C11H13NO4S/c1-4-11(2,3)12-9(13)8-7(5-6-17-8)16-10(14)15/h4-6H,1H2,2-3H3,(H,12,13)(H,14,15). The molecule has 1 aromatic rings. The lowest BCUT2D eigenvalue weighted by molar-refractivity contribution is 0.0928. The third-order valence-corrected chi connectivity index (χ3v) is 2.87. The third kappa shape index (κ3) is 3.60. The third-order valence-electron chi connectivity index (χ3n) is 1.98. The molecule has 0 aliphatic heterocycles. The van der Waals surface area contributed by atoms with Crippen LogP contribution in [0.15, 0.2) is 24.1 Å². The summed E-state index contributed by atoms with van der Waals surface area (Å²) in [6.07, 6.45) is 0.149. The molecule has 6 heteroatoms. The molecule has 92 valence electrons. The van der Waals surface area contributed by atoms with E-state index in [2.05, 4.69) is 16.6 Å². The Hall–Kier alpha value is -1.82. The maximum atomic E-state index is 11.9. The monoisotopic (exact) mass is 255 g/mol. The highest BCUT2D eigenvalue weighted by Gasteiger charge is 2.22. The van der Waals surface area contributed by atoms with E-state index >= 15 is 0 Å². The Morgan fingerprint density at radius 3 is 2.76 bits per heavy atom. The van der Waals surface area contributed by atoms with E-state index < -0.39 is 11.7 Å². The normalized spacial score (nSPS) is 10.7. The van der Waals surface area contributed by atoms with E-state index in [9.17, 15) is 9.59 Å². The summed E-state index contributed by atoms with van der Waals surface area (Å²) in [7, 11) is 0. The van der Waals surface area contributed by atoms with Crippen molar-refractivity contribution in [1.82, 2.24) is 5.32 Å². The number of carbonyl (C=O) groups is 2. The van der Waals surface area contributed by atoms with Crippen LogP contribution in [0.3, 0.4) is 0 Å². The molecule has 0 atom stereocenters. The first kappa shape index (κ1) is 13.2. The summed E-state index contributed by atoms with van der Waals surface area (Å²) < 4.78 is 4.50. The first-order valence-corrected chi connectivity index (χ1v) is 5.68. The minimum Gasteiger partial charge on any atom is -0.449 e. The van der Waals surface area contributed by atoms with E-state index in [4.69, 9.17) is 5.11 Å². The number of amides is 1. The predicted molar refractivity (Wildman–Crippen MR) is 64.7 cm³/mol. The fourth-order valence-electron chi connectivity index (χ4n) is 1.04. The summed E-state index contributed by atoms with van der Waals surface area (Å²) >= 11 is 1.12. The van der Waals surface area contributed by atoms with Gasteiger partial charge in [0.25, 0.3) is 5.91 Å². The van der Waals surface area contributed by atoms with Crippen molar-refractivity contribution in [3.8, 4) is 5.75 Å². The van der Waals surface area contributed by atoms with Crippen LogP contribution < -0.4 is 10.1 Å². The van der Waals surface area contributed by atoms with Gasteiger partial charge in [-0.15, -0.1) is 17.9 Å². The zero-order chi connectivity index (χ0) is 13.1. The zero-order valence-corrected chi connectivity index (χ0v) is 10.3. The molecule has 1 heterocycles. The average molecular weight is 255 g/mol. The molecular formula is C11H13NO4S. The Morgan fingerprint density at radius 1 is 1.59 bits per heavy atom. The van der Waals surface area contributed by atoms with Crippen LogP contribution in [0.1, 0.15) is 23.5 Å². The van der Waals surface area contributed by atoms with Crippen molar-refractivity contribution in [1.29, 1.82) is 0 Å². The molecule has 0 saturated carbocycles. The maximum absolute atomic E-state index is 11.9. The number of ether oxygens (including phenoxy) is 1. The van der Waals surface area contributed by atoms with Gasteiger partial charge in [0.1, 0.15) is 4.88 Å². The average Bonchev–Trinajstić information content (AvgIpc) is 2.64. The molecule has 0 aromatic carbocycles. The summed E-state index contributed by atoms with van der Waals surface area (Å²) in [4.78, 5) is 22.5. The van der Waals surface area contributed by atoms with E-state index in [1.807, 2.05) is 0 Å². The van der Waals surface area contributed by atoms with Crippen molar-refractivity contribution in [3.63, 3.8) is 0 Å². The largest absolute Gasteiger partial charge is 0.511 e. The van der Waals surface area contributed by atoms with Gasteiger partial charge in [-0.2, -0.15) is 0 Å². The Kier molecular flexibility index (Phi) is 3.90. The van der Waals surface area contributed by atoms with E-state index in [1.54, 1.807) is 25.3 Å². The van der Waals surface area contributed by atoms with Crippen molar-refractivity contribution >= 4 is 23.4 Å². The highest BCUT2D eigenvalue weighted by Crippen LogP contribution is 2.25. The van der Waals surface area contributed by atoms with Gasteiger partial charge in [0, 0.05) is 0 Å². The number of hydrogen-bond donors (Lipinski definition) is 2. The second-order valence-corrected chi connectivity index (χ2v) is 4.78. The number of hydrogen-bond acceptors (Lipinski definition) is 4. The zero-order valence-electron chi connectivity index (χ0n) is 9.52. The number of rotatable bonds is 4. The topological polar surface area (TPSA) is 75.6 Å². The van der Waals surface area contributed by atoms with Crippen molar-refractivity contribution in [2.75, 3.05) is 0 Å². The number of nitrogens with one attached hydrogen (secondary N) is 1. The number of carbonyl (C=O) groups excluding carboxylic acids is 1. The van der Waals surface area contributed by atoms with Gasteiger partial charge in [0.2, 0.25) is 0 Å². The Labute approximate surface area is 103 Å². The first-order valence-electron chi connectivity index (χ1n) is 4.80. The summed E-state index contributed by atoms with van der Waals surface area (Å²) in [6.45, 7) is 7.16. The van der Waals surface area contributed by atoms with Crippen molar-refractivity contribution in [3.05, 3.63) is 29.0 Å². The van der Waals surface area contributed by atoms with Gasteiger partial charge in [0.15, 0.2) is 5.75 Å². The second-order valence-electron chi connectivity index (χ2n) is 3.86. The molecule has 0 unspecified atom stereocenters. The van der Waals surface area contributed by atoms with Crippen LogP contribution in [0, 0.1) is 0 Å². The molecule has 2 N–H and O–H groups in total. The van der Waals surface area contributed by atoms with E-state index in [0.29, 0.717) is 0 Å². The molecule has 0 radical (unpaired) electrons. The molecule has 1 rings (SSSR count). The first-order chi connectivity index (χ1) is 7.85. The minimum atomic E-state index is -1.44. The molecule has 0 bridgehead atoms. The Bertz CT molecular complexity index is 450. The quantitative estimate of drug-likeness (QED) is 0.640. The summed E-state index contributed by atoms with van der Waals surface area (Å²) in [5.41, 5.74) is -0.568. The molecule has 17 heavy (non-hydrogen) atoms. The van der Waals surface area contributed by atoms with Crippen LogP contribution >= 0.6 is 11.3 Å². The molecule has 5 nitrogen and oxygen atoms in total.